The number of carbonyl (C=O) groups is 3. The van der Waals surface area contributed by atoms with E-state index in [1.807, 2.05) is 0 Å². The first-order valence-electron chi connectivity index (χ1n) is 8.32. The van der Waals surface area contributed by atoms with Gasteiger partial charge in [-0.1, -0.05) is 23.7 Å². The van der Waals surface area contributed by atoms with E-state index in [-0.39, 0.29) is 15.6 Å². The summed E-state index contributed by atoms with van der Waals surface area (Å²) in [6.07, 6.45) is 1.46. The van der Waals surface area contributed by atoms with Crippen LogP contribution in [0, 0.1) is 0 Å². The largest absolute Gasteiger partial charge is 0.468 e. The molecule has 0 N–H and O–H groups in total. The molecule has 1 saturated heterocycles. The van der Waals surface area contributed by atoms with Crippen molar-refractivity contribution >= 4 is 56.7 Å². The Hall–Kier alpha value is -2.82. The second-order valence-corrected chi connectivity index (χ2v) is 8.88. The van der Waals surface area contributed by atoms with Crippen molar-refractivity contribution in [3.8, 4) is 5.75 Å². The molecule has 1 aliphatic heterocycles. The average Bonchev–Trinajstić information content (AvgIpc) is 2.96. The summed E-state index contributed by atoms with van der Waals surface area (Å²) in [5, 5.41) is -0.181. The molecule has 0 aliphatic carbocycles. The molecule has 156 valence electrons. The Balaban J connectivity index is 1.73. The second-order valence-electron chi connectivity index (χ2n) is 5.90. The lowest BCUT2D eigenvalue weighted by atomic mass is 10.2. The summed E-state index contributed by atoms with van der Waals surface area (Å²) in [7, 11) is -2.87. The summed E-state index contributed by atoms with van der Waals surface area (Å²) in [5.41, 5.74) is 0.537. The Morgan fingerprint density at radius 1 is 1.10 bits per heavy atom. The maximum Gasteiger partial charge on any atom is 0.339 e. The zero-order valence-corrected chi connectivity index (χ0v) is 17.8. The van der Waals surface area contributed by atoms with Gasteiger partial charge in [0.25, 0.3) is 11.1 Å². The van der Waals surface area contributed by atoms with Crippen molar-refractivity contribution in [3.63, 3.8) is 0 Å². The number of hydrogen-bond donors (Lipinski definition) is 0. The van der Waals surface area contributed by atoms with Crippen LogP contribution in [0.5, 0.6) is 5.75 Å². The van der Waals surface area contributed by atoms with E-state index in [2.05, 4.69) is 4.74 Å². The predicted molar refractivity (Wildman–Crippen MR) is 110 cm³/mol. The molecule has 2 aromatic carbocycles. The van der Waals surface area contributed by atoms with Gasteiger partial charge in [-0.05, 0) is 59.8 Å². The first kappa shape index (κ1) is 21.9. The highest BCUT2D eigenvalue weighted by Crippen LogP contribution is 2.32. The van der Waals surface area contributed by atoms with Crippen LogP contribution in [-0.4, -0.2) is 44.1 Å². The van der Waals surface area contributed by atoms with Gasteiger partial charge in [0.2, 0.25) is 0 Å². The summed E-state index contributed by atoms with van der Waals surface area (Å²) >= 11 is 6.45. The molecule has 0 saturated carbocycles. The summed E-state index contributed by atoms with van der Waals surface area (Å²) < 4.78 is 34.2. The number of esters is 1. The molecule has 0 radical (unpaired) electrons. The van der Waals surface area contributed by atoms with E-state index in [9.17, 15) is 22.8 Å². The van der Waals surface area contributed by atoms with E-state index < -0.39 is 33.8 Å². The zero-order chi connectivity index (χ0) is 21.9. The number of halogens is 1. The molecule has 0 spiro atoms. The van der Waals surface area contributed by atoms with Gasteiger partial charge >= 0.3 is 16.1 Å². The van der Waals surface area contributed by atoms with Crippen LogP contribution < -0.4 is 4.18 Å². The van der Waals surface area contributed by atoms with Crippen LogP contribution >= 0.6 is 23.4 Å². The van der Waals surface area contributed by atoms with Gasteiger partial charge < -0.3 is 8.92 Å². The number of benzene rings is 2. The van der Waals surface area contributed by atoms with Crippen molar-refractivity contribution in [1.29, 1.82) is 0 Å². The molecule has 0 aromatic heterocycles. The van der Waals surface area contributed by atoms with Crippen LogP contribution in [0.1, 0.15) is 5.56 Å². The van der Waals surface area contributed by atoms with Crippen molar-refractivity contribution in [2.24, 2.45) is 0 Å². The predicted octanol–water partition coefficient (Wildman–Crippen LogP) is 3.32. The maximum absolute atomic E-state index is 12.3. The fraction of sp³-hybridized carbons (Fsp3) is 0.105. The first-order chi connectivity index (χ1) is 14.2. The van der Waals surface area contributed by atoms with Gasteiger partial charge in [-0.25, -0.2) is 0 Å². The lowest BCUT2D eigenvalue weighted by Gasteiger charge is -2.09. The quantitative estimate of drug-likeness (QED) is 0.362. The highest BCUT2D eigenvalue weighted by atomic mass is 35.5. The zero-order valence-electron chi connectivity index (χ0n) is 15.4. The molecule has 2 amide bonds. The monoisotopic (exact) mass is 467 g/mol. The third kappa shape index (κ3) is 5.02. The number of amides is 2. The van der Waals surface area contributed by atoms with Crippen LogP contribution in [0.2, 0.25) is 5.02 Å². The van der Waals surface area contributed by atoms with E-state index in [4.69, 9.17) is 15.8 Å². The van der Waals surface area contributed by atoms with Crippen molar-refractivity contribution in [1.82, 2.24) is 4.90 Å². The van der Waals surface area contributed by atoms with Gasteiger partial charge in [0, 0.05) is 5.02 Å². The molecule has 11 heteroatoms. The third-order valence-corrected chi connectivity index (χ3v) is 6.30. The van der Waals surface area contributed by atoms with Gasteiger partial charge in [-0.3, -0.25) is 19.3 Å². The minimum atomic E-state index is -4.03. The molecular formula is C19H14ClNO7S2. The topological polar surface area (TPSA) is 107 Å². The average molecular weight is 468 g/mol. The molecule has 1 heterocycles. The molecule has 0 bridgehead atoms. The van der Waals surface area contributed by atoms with Gasteiger partial charge in [-0.2, -0.15) is 8.42 Å². The third-order valence-electron chi connectivity index (χ3n) is 3.87. The SMILES string of the molecule is COC(=O)CN1C(=O)S/C(=C\c2ccc(OS(=O)(=O)c3ccc(Cl)cc3)cc2)C1=O. The highest BCUT2D eigenvalue weighted by molar-refractivity contribution is 8.18. The molecule has 2 aromatic rings. The van der Waals surface area contributed by atoms with E-state index >= 15 is 0 Å². The molecule has 0 atom stereocenters. The van der Waals surface area contributed by atoms with Gasteiger partial charge in [0.1, 0.15) is 17.2 Å². The van der Waals surface area contributed by atoms with E-state index in [0.29, 0.717) is 22.3 Å². The number of methoxy groups -OCH3 is 1. The van der Waals surface area contributed by atoms with Crippen molar-refractivity contribution in [2.75, 3.05) is 13.7 Å². The fourth-order valence-electron chi connectivity index (χ4n) is 2.38. The van der Waals surface area contributed by atoms with Crippen LogP contribution in [0.15, 0.2) is 58.3 Å². The van der Waals surface area contributed by atoms with Crippen LogP contribution in [-0.2, 0) is 24.4 Å². The Morgan fingerprint density at radius 2 is 1.73 bits per heavy atom. The summed E-state index contributed by atoms with van der Waals surface area (Å²) in [6.45, 7) is -0.464. The minimum Gasteiger partial charge on any atom is -0.468 e. The molecule has 3 rings (SSSR count). The molecule has 0 unspecified atom stereocenters. The van der Waals surface area contributed by atoms with Crippen molar-refractivity contribution in [3.05, 3.63) is 64.0 Å². The maximum atomic E-state index is 12.3. The van der Waals surface area contributed by atoms with Crippen molar-refractivity contribution < 1.29 is 31.7 Å². The number of rotatable bonds is 6. The van der Waals surface area contributed by atoms with Crippen LogP contribution in [0.25, 0.3) is 6.08 Å². The number of imide groups is 1. The fourth-order valence-corrected chi connectivity index (χ4v) is 4.27. The Bertz CT molecular complexity index is 1130. The second kappa shape index (κ2) is 8.90. The van der Waals surface area contributed by atoms with Gasteiger partial charge in [-0.15, -0.1) is 0 Å². The van der Waals surface area contributed by atoms with E-state index in [0.717, 1.165) is 12.0 Å². The molecule has 1 fully saturated rings. The summed E-state index contributed by atoms with van der Waals surface area (Å²) in [6, 6.07) is 11.4. The number of thioether (sulfide) groups is 1. The normalized spacial score (nSPS) is 15.5. The standard InChI is InChI=1S/C19H14ClNO7S2/c1-27-17(22)11-21-18(23)16(29-19(21)24)10-12-2-6-14(7-3-12)28-30(25,26)15-8-4-13(20)5-9-15/h2-10H,11H2,1H3/b16-10-. The lowest BCUT2D eigenvalue weighted by Crippen LogP contribution is -2.34. The number of carbonyl (C=O) groups excluding carboxylic acids is 3. The van der Waals surface area contributed by atoms with E-state index in [1.165, 1.54) is 54.6 Å². The molecule has 30 heavy (non-hydrogen) atoms. The molecule has 1 aliphatic rings. The van der Waals surface area contributed by atoms with Gasteiger partial charge in [0.05, 0.1) is 12.0 Å². The van der Waals surface area contributed by atoms with Crippen LogP contribution in [0.3, 0.4) is 0 Å². The Labute approximate surface area is 181 Å². The Kier molecular flexibility index (Phi) is 6.49. The summed E-state index contributed by atoms with van der Waals surface area (Å²) in [5.74, 6) is -1.25. The van der Waals surface area contributed by atoms with Crippen molar-refractivity contribution in [2.45, 2.75) is 4.90 Å². The Morgan fingerprint density at radius 3 is 2.33 bits per heavy atom. The smallest absolute Gasteiger partial charge is 0.339 e. The highest BCUT2D eigenvalue weighted by Gasteiger charge is 2.36. The number of ether oxygens (including phenoxy) is 1. The summed E-state index contributed by atoms with van der Waals surface area (Å²) in [4.78, 5) is 36.4. The van der Waals surface area contributed by atoms with Crippen LogP contribution in [0.4, 0.5) is 4.79 Å². The number of hydrogen-bond acceptors (Lipinski definition) is 8. The first-order valence-corrected chi connectivity index (χ1v) is 10.9. The lowest BCUT2D eigenvalue weighted by molar-refractivity contribution is -0.143. The van der Waals surface area contributed by atoms with E-state index in [1.54, 1.807) is 0 Å². The number of nitrogens with zero attached hydrogens (tertiary/aromatic N) is 1. The minimum absolute atomic E-state index is 0.0461. The molecular weight excluding hydrogens is 454 g/mol. The van der Waals surface area contributed by atoms with Gasteiger partial charge in [0.15, 0.2) is 0 Å². The molecule has 8 nitrogen and oxygen atoms in total.